The van der Waals surface area contributed by atoms with Crippen LogP contribution in [0, 0.1) is 5.92 Å². The van der Waals surface area contributed by atoms with Gasteiger partial charge in [0.25, 0.3) is 0 Å². The quantitative estimate of drug-likeness (QED) is 0.594. The van der Waals surface area contributed by atoms with E-state index < -0.39 is 0 Å². The number of rotatable bonds is 9. The van der Waals surface area contributed by atoms with Crippen LogP contribution in [0.25, 0.3) is 0 Å². The fourth-order valence-electron chi connectivity index (χ4n) is 1.75. The van der Waals surface area contributed by atoms with E-state index in [1.54, 1.807) is 0 Å². The number of hydrogen-bond acceptors (Lipinski definition) is 2. The maximum absolute atomic E-state index is 3.66. The highest BCUT2D eigenvalue weighted by molar-refractivity contribution is 4.68. The molecule has 1 N–H and O–H groups in total. The summed E-state index contributed by atoms with van der Waals surface area (Å²) in [5.74, 6) is 0.858. The van der Waals surface area contributed by atoms with Crippen molar-refractivity contribution in [2.75, 3.05) is 27.2 Å². The highest BCUT2D eigenvalue weighted by Crippen LogP contribution is 2.11. The van der Waals surface area contributed by atoms with Crippen molar-refractivity contribution >= 4 is 0 Å². The van der Waals surface area contributed by atoms with Crippen molar-refractivity contribution in [3.63, 3.8) is 0 Å². The second-order valence-corrected chi connectivity index (χ2v) is 4.97. The average Bonchev–Trinajstić information content (AvgIpc) is 2.21. The van der Waals surface area contributed by atoms with Crippen LogP contribution in [-0.4, -0.2) is 38.1 Å². The van der Waals surface area contributed by atoms with Gasteiger partial charge in [-0.2, -0.15) is 0 Å². The molecule has 2 heteroatoms. The van der Waals surface area contributed by atoms with Crippen molar-refractivity contribution in [2.45, 2.75) is 52.5 Å². The molecule has 0 spiro atoms. The summed E-state index contributed by atoms with van der Waals surface area (Å²) in [6.45, 7) is 9.26. The molecule has 0 aromatic heterocycles. The lowest BCUT2D eigenvalue weighted by molar-refractivity contribution is 0.357. The lowest BCUT2D eigenvalue weighted by atomic mass is 9.98. The molecular weight excluding hydrogens is 184 g/mol. The van der Waals surface area contributed by atoms with E-state index >= 15 is 0 Å². The van der Waals surface area contributed by atoms with Gasteiger partial charge in [-0.05, 0) is 52.4 Å². The van der Waals surface area contributed by atoms with Gasteiger partial charge in [0.1, 0.15) is 0 Å². The van der Waals surface area contributed by atoms with E-state index in [1.807, 2.05) is 0 Å². The van der Waals surface area contributed by atoms with Gasteiger partial charge in [-0.15, -0.1) is 0 Å². The van der Waals surface area contributed by atoms with Crippen LogP contribution in [0.15, 0.2) is 0 Å². The number of nitrogens with one attached hydrogen (secondary N) is 1. The van der Waals surface area contributed by atoms with Gasteiger partial charge in [-0.1, -0.05) is 27.2 Å². The lowest BCUT2D eigenvalue weighted by Crippen LogP contribution is -2.32. The van der Waals surface area contributed by atoms with Gasteiger partial charge in [-0.3, -0.25) is 0 Å². The Morgan fingerprint density at radius 2 is 1.80 bits per heavy atom. The van der Waals surface area contributed by atoms with E-state index in [2.05, 4.69) is 45.1 Å². The summed E-state index contributed by atoms with van der Waals surface area (Å²) in [5.41, 5.74) is 0. The number of nitrogens with zero attached hydrogens (tertiary/aromatic N) is 1. The van der Waals surface area contributed by atoms with Gasteiger partial charge in [0.2, 0.25) is 0 Å². The van der Waals surface area contributed by atoms with E-state index in [0.717, 1.165) is 18.5 Å². The Balaban J connectivity index is 3.52. The van der Waals surface area contributed by atoms with E-state index in [9.17, 15) is 0 Å². The van der Waals surface area contributed by atoms with Crippen LogP contribution < -0.4 is 5.32 Å². The van der Waals surface area contributed by atoms with Gasteiger partial charge in [-0.25, -0.2) is 0 Å². The Kier molecular flexibility index (Phi) is 9.12. The normalized spacial score (nSPS) is 15.6. The predicted molar refractivity (Wildman–Crippen MR) is 69.3 cm³/mol. The highest BCUT2D eigenvalue weighted by Gasteiger charge is 2.09. The monoisotopic (exact) mass is 214 g/mol. The fourth-order valence-corrected chi connectivity index (χ4v) is 1.75. The largest absolute Gasteiger partial charge is 0.314 e. The maximum Gasteiger partial charge on any atom is 0.00669 e. The minimum Gasteiger partial charge on any atom is -0.314 e. The molecule has 0 saturated carbocycles. The molecule has 2 nitrogen and oxygen atoms in total. The molecule has 0 aliphatic heterocycles. The molecule has 0 amide bonds. The van der Waals surface area contributed by atoms with Gasteiger partial charge >= 0.3 is 0 Å². The summed E-state index contributed by atoms with van der Waals surface area (Å²) >= 11 is 0. The predicted octanol–water partition coefficient (Wildman–Crippen LogP) is 2.74. The number of hydrogen-bond donors (Lipinski definition) is 1. The van der Waals surface area contributed by atoms with Crippen LogP contribution >= 0.6 is 0 Å². The SMILES string of the molecule is CC[C@H](C)C[C@H](CC)NCCCN(C)C. The Labute approximate surface area is 96.4 Å². The van der Waals surface area contributed by atoms with Crippen LogP contribution in [-0.2, 0) is 0 Å². The summed E-state index contributed by atoms with van der Waals surface area (Å²) in [6, 6.07) is 0.724. The van der Waals surface area contributed by atoms with E-state index in [4.69, 9.17) is 0 Å². The highest BCUT2D eigenvalue weighted by atomic mass is 15.1. The molecule has 0 saturated heterocycles. The first-order chi connectivity index (χ1) is 7.10. The Morgan fingerprint density at radius 3 is 2.27 bits per heavy atom. The molecule has 2 atom stereocenters. The topological polar surface area (TPSA) is 15.3 Å². The van der Waals surface area contributed by atoms with E-state index in [0.29, 0.717) is 0 Å². The maximum atomic E-state index is 3.66. The van der Waals surface area contributed by atoms with Crippen LogP contribution in [0.2, 0.25) is 0 Å². The summed E-state index contributed by atoms with van der Waals surface area (Å²) in [7, 11) is 4.27. The molecule has 0 radical (unpaired) electrons. The molecule has 0 heterocycles. The summed E-state index contributed by atoms with van der Waals surface area (Å²) in [4.78, 5) is 2.25. The smallest absolute Gasteiger partial charge is 0.00669 e. The third kappa shape index (κ3) is 8.88. The molecule has 0 unspecified atom stereocenters. The Morgan fingerprint density at radius 1 is 1.13 bits per heavy atom. The first kappa shape index (κ1) is 14.9. The zero-order valence-electron chi connectivity index (χ0n) is 11.3. The molecule has 0 aromatic rings. The van der Waals surface area contributed by atoms with Crippen molar-refractivity contribution < 1.29 is 0 Å². The molecule has 0 rings (SSSR count). The van der Waals surface area contributed by atoms with Crippen molar-refractivity contribution in [1.82, 2.24) is 10.2 Å². The van der Waals surface area contributed by atoms with E-state index in [-0.39, 0.29) is 0 Å². The van der Waals surface area contributed by atoms with Gasteiger partial charge in [0.05, 0.1) is 0 Å². The molecule has 0 aliphatic rings. The molecule has 0 aliphatic carbocycles. The lowest BCUT2D eigenvalue weighted by Gasteiger charge is -2.20. The van der Waals surface area contributed by atoms with Crippen molar-refractivity contribution in [1.29, 1.82) is 0 Å². The summed E-state index contributed by atoms with van der Waals surface area (Å²) < 4.78 is 0. The summed E-state index contributed by atoms with van der Waals surface area (Å²) in [6.07, 6.45) is 5.14. The van der Waals surface area contributed by atoms with Crippen molar-refractivity contribution in [3.8, 4) is 0 Å². The third-order valence-electron chi connectivity index (χ3n) is 3.09. The van der Waals surface area contributed by atoms with Crippen LogP contribution in [0.1, 0.15) is 46.5 Å². The van der Waals surface area contributed by atoms with Crippen LogP contribution in [0.5, 0.6) is 0 Å². The second-order valence-electron chi connectivity index (χ2n) is 4.97. The Bertz CT molecular complexity index is 134. The average molecular weight is 214 g/mol. The molecule has 0 aromatic carbocycles. The first-order valence-corrected chi connectivity index (χ1v) is 6.48. The van der Waals surface area contributed by atoms with Crippen molar-refractivity contribution in [2.24, 2.45) is 5.92 Å². The molecule has 15 heavy (non-hydrogen) atoms. The Hall–Kier alpha value is -0.0800. The third-order valence-corrected chi connectivity index (χ3v) is 3.09. The molecule has 0 fully saturated rings. The molecular formula is C13H30N2. The standard InChI is InChI=1S/C13H30N2/c1-6-12(3)11-13(7-2)14-9-8-10-15(4)5/h12-14H,6-11H2,1-5H3/t12-,13-/m0/s1. The zero-order chi connectivity index (χ0) is 11.7. The fraction of sp³-hybridized carbons (Fsp3) is 1.00. The van der Waals surface area contributed by atoms with Gasteiger partial charge in [0.15, 0.2) is 0 Å². The van der Waals surface area contributed by atoms with Crippen LogP contribution in [0.3, 0.4) is 0 Å². The minimum atomic E-state index is 0.724. The van der Waals surface area contributed by atoms with E-state index in [1.165, 1.54) is 32.2 Å². The van der Waals surface area contributed by atoms with Gasteiger partial charge in [0, 0.05) is 6.04 Å². The zero-order valence-corrected chi connectivity index (χ0v) is 11.3. The van der Waals surface area contributed by atoms with Crippen LogP contribution in [0.4, 0.5) is 0 Å². The summed E-state index contributed by atoms with van der Waals surface area (Å²) in [5, 5.41) is 3.66. The molecule has 0 bridgehead atoms. The molecule has 92 valence electrons. The van der Waals surface area contributed by atoms with Gasteiger partial charge < -0.3 is 10.2 Å². The van der Waals surface area contributed by atoms with Crippen molar-refractivity contribution in [3.05, 3.63) is 0 Å². The minimum absolute atomic E-state index is 0.724. The first-order valence-electron chi connectivity index (χ1n) is 6.48. The second kappa shape index (κ2) is 9.17.